The van der Waals surface area contributed by atoms with E-state index in [4.69, 9.17) is 9.59 Å². The fourth-order valence-corrected chi connectivity index (χ4v) is 0.766. The van der Waals surface area contributed by atoms with Gasteiger partial charge in [0.1, 0.15) is 0 Å². The highest BCUT2D eigenvalue weighted by Crippen LogP contribution is 1.88. The normalized spacial score (nSPS) is 10.8. The summed E-state index contributed by atoms with van der Waals surface area (Å²) in [6, 6.07) is 0. The van der Waals surface area contributed by atoms with E-state index in [1.54, 1.807) is 0 Å². The Bertz CT molecular complexity index is 83.3. The Hall–Kier alpha value is -0.116. The number of carbonyl (C=O) groups excluding carboxylic acids is 1. The zero-order valence-corrected chi connectivity index (χ0v) is 5.56. The van der Waals surface area contributed by atoms with Crippen molar-refractivity contribution in [2.75, 3.05) is 0 Å². The van der Waals surface area contributed by atoms with Crippen molar-refractivity contribution in [2.45, 2.75) is 0 Å². The molecule has 0 bridgehead atoms. The molecule has 3 nitrogen and oxygen atoms in total. The molecule has 0 aliphatic heterocycles. The molecule has 0 spiro atoms. The molecule has 0 aliphatic carbocycles. The van der Waals surface area contributed by atoms with Crippen LogP contribution < -0.4 is 0 Å². The predicted octanol–water partition coefficient (Wildman–Crippen LogP) is -0.830. The maximum absolute atomic E-state index is 11.3. The molecule has 0 aliphatic rings. The lowest BCUT2D eigenvalue weighted by Gasteiger charge is -1.89. The molecule has 0 aromatic rings. The molecule has 2 N–H and O–H groups in total. The lowest BCUT2D eigenvalue weighted by molar-refractivity contribution is 0.262. The van der Waals surface area contributed by atoms with E-state index in [1.165, 1.54) is 0 Å². The highest BCUT2D eigenvalue weighted by Gasteiger charge is 2.32. The molecule has 7 heteroatoms. The van der Waals surface area contributed by atoms with E-state index in [2.05, 4.69) is 0 Å². The zero-order valence-electron chi connectivity index (χ0n) is 3.56. The first-order chi connectivity index (χ1) is 3.55. The second kappa shape index (κ2) is 3.02. The fourth-order valence-electron chi connectivity index (χ4n) is 0.0851. The van der Waals surface area contributed by atoms with Crippen molar-refractivity contribution < 1.29 is 22.6 Å². The maximum Gasteiger partial charge on any atom is 0.505 e. The highest BCUT2D eigenvalue weighted by atomic mass is 28.4. The van der Waals surface area contributed by atoms with Crippen LogP contribution in [0.2, 0.25) is 0 Å². The van der Waals surface area contributed by atoms with Crippen LogP contribution in [0.25, 0.3) is 0 Å². The van der Waals surface area contributed by atoms with Crippen molar-refractivity contribution in [3.8, 4) is 0 Å². The second-order valence-electron chi connectivity index (χ2n) is 0.911. The molecular weight excluding hydrogens is 154 g/mol. The number of halogens is 2. The van der Waals surface area contributed by atoms with Crippen molar-refractivity contribution in [2.24, 2.45) is 0 Å². The van der Waals surface area contributed by atoms with Crippen LogP contribution in [0.15, 0.2) is 0 Å². The summed E-state index contributed by atoms with van der Waals surface area (Å²) in [4.78, 5) is 25.1. The van der Waals surface area contributed by atoms with Gasteiger partial charge < -0.3 is 9.59 Å². The average molecular weight is 156 g/mol. The summed E-state index contributed by atoms with van der Waals surface area (Å²) in [5, 5.41) is -1.67. The Labute approximate surface area is 47.4 Å². The molecule has 0 saturated heterocycles. The van der Waals surface area contributed by atoms with Gasteiger partial charge in [-0.3, -0.25) is 13.0 Å². The van der Waals surface area contributed by atoms with Gasteiger partial charge in [0.2, 0.25) is 5.03 Å². The topological polar surface area (TPSA) is 57.5 Å². The molecule has 0 heterocycles. The molecule has 2 radical (unpaired) electrons. The van der Waals surface area contributed by atoms with Crippen LogP contribution in [0.3, 0.4) is 0 Å². The van der Waals surface area contributed by atoms with Crippen molar-refractivity contribution >= 4 is 23.8 Å². The summed E-state index contributed by atoms with van der Waals surface area (Å²) in [5.74, 6) is 0. The first-order valence-electron chi connectivity index (χ1n) is 1.53. The van der Waals surface area contributed by atoms with Crippen LogP contribution in [0.4, 0.5) is 13.0 Å². The van der Waals surface area contributed by atoms with Gasteiger partial charge in [-0.25, -0.2) is 0 Å². The van der Waals surface area contributed by atoms with Gasteiger partial charge in [0.05, 0.1) is 0 Å². The standard InChI is InChI=1S/CH2F2O3Si2/c2-7(5)1(4)8(3)6/h5-6H. The maximum atomic E-state index is 11.3. The third-order valence-electron chi connectivity index (χ3n) is 0.375. The van der Waals surface area contributed by atoms with Crippen molar-refractivity contribution in [1.82, 2.24) is 0 Å². The number of rotatable bonds is 2. The van der Waals surface area contributed by atoms with Gasteiger partial charge in [0.15, 0.2) is 0 Å². The van der Waals surface area contributed by atoms with Crippen LogP contribution >= 0.6 is 0 Å². The monoisotopic (exact) mass is 156 g/mol. The van der Waals surface area contributed by atoms with E-state index in [-0.39, 0.29) is 0 Å². The molecule has 46 valence electrons. The summed E-state index contributed by atoms with van der Waals surface area (Å²) in [6.45, 7) is 0. The van der Waals surface area contributed by atoms with E-state index >= 15 is 0 Å². The number of hydrogen-bond acceptors (Lipinski definition) is 3. The van der Waals surface area contributed by atoms with Crippen LogP contribution in [0.1, 0.15) is 0 Å². The third kappa shape index (κ3) is 2.26. The summed E-state index contributed by atoms with van der Waals surface area (Å²) in [7, 11) is -7.46. The largest absolute Gasteiger partial charge is 0.505 e. The molecule has 0 aromatic heterocycles. The second-order valence-corrected chi connectivity index (χ2v) is 3.48. The number of hydrogen-bond donors (Lipinski definition) is 2. The molecule has 0 saturated carbocycles. The summed E-state index contributed by atoms with van der Waals surface area (Å²) in [5.41, 5.74) is 0. The Morgan fingerprint density at radius 2 is 1.50 bits per heavy atom. The molecule has 0 atom stereocenters. The first-order valence-corrected chi connectivity index (χ1v) is 4.18. The van der Waals surface area contributed by atoms with E-state index in [9.17, 15) is 13.0 Å². The van der Waals surface area contributed by atoms with Gasteiger partial charge in [0.25, 0.3) is 0 Å². The quantitative estimate of drug-likeness (QED) is 0.405. The highest BCUT2D eigenvalue weighted by molar-refractivity contribution is 7.08. The van der Waals surface area contributed by atoms with Crippen molar-refractivity contribution in [3.05, 3.63) is 0 Å². The van der Waals surface area contributed by atoms with E-state index in [0.717, 1.165) is 0 Å². The molecule has 0 fully saturated rings. The minimum atomic E-state index is -3.73. The molecule has 8 heavy (non-hydrogen) atoms. The van der Waals surface area contributed by atoms with Crippen LogP contribution in [0.5, 0.6) is 0 Å². The molecule has 0 amide bonds. The van der Waals surface area contributed by atoms with Gasteiger partial charge in [-0.2, -0.15) is 0 Å². The van der Waals surface area contributed by atoms with Gasteiger partial charge >= 0.3 is 18.7 Å². The Morgan fingerprint density at radius 3 is 1.50 bits per heavy atom. The van der Waals surface area contributed by atoms with Gasteiger partial charge in [-0.05, 0) is 0 Å². The van der Waals surface area contributed by atoms with E-state index in [0.29, 0.717) is 0 Å². The Balaban J connectivity index is 3.65. The summed E-state index contributed by atoms with van der Waals surface area (Å²) < 4.78 is 22.6. The zero-order chi connectivity index (χ0) is 6.73. The van der Waals surface area contributed by atoms with E-state index < -0.39 is 23.8 Å². The fraction of sp³-hybridized carbons (Fsp3) is 0. The molecule has 0 rings (SSSR count). The summed E-state index contributed by atoms with van der Waals surface area (Å²) >= 11 is 0. The third-order valence-corrected chi connectivity index (χ3v) is 2.36. The van der Waals surface area contributed by atoms with Crippen LogP contribution in [-0.2, 0) is 0 Å². The Kier molecular flexibility index (Phi) is 2.98. The lowest BCUT2D eigenvalue weighted by Crippen LogP contribution is -2.31. The lowest BCUT2D eigenvalue weighted by atomic mass is 11.8. The molecule has 0 aromatic carbocycles. The SMILES string of the molecule is O=C([Si](O)F)[Si](O)F. The predicted molar refractivity (Wildman–Crippen MR) is 23.6 cm³/mol. The first kappa shape index (κ1) is 7.88. The number of carbonyl (C=O) groups is 1. The minimum absolute atomic E-state index is 1.67. The minimum Gasteiger partial charge on any atom is -0.402 e. The van der Waals surface area contributed by atoms with Crippen molar-refractivity contribution in [3.63, 3.8) is 0 Å². The van der Waals surface area contributed by atoms with Gasteiger partial charge in [-0.15, -0.1) is 0 Å². The van der Waals surface area contributed by atoms with Crippen molar-refractivity contribution in [1.29, 1.82) is 0 Å². The smallest absolute Gasteiger partial charge is 0.402 e. The average Bonchev–Trinajstić information content (AvgIpc) is 1.64. The van der Waals surface area contributed by atoms with E-state index in [1.807, 2.05) is 0 Å². The van der Waals surface area contributed by atoms with Crippen LogP contribution in [0, 0.1) is 0 Å². The van der Waals surface area contributed by atoms with Gasteiger partial charge in [0, 0.05) is 0 Å². The molecule has 0 unspecified atom stereocenters. The summed E-state index contributed by atoms with van der Waals surface area (Å²) in [6.07, 6.45) is 0. The Morgan fingerprint density at radius 1 is 1.25 bits per heavy atom. The van der Waals surface area contributed by atoms with Gasteiger partial charge in [-0.1, -0.05) is 0 Å². The van der Waals surface area contributed by atoms with Crippen LogP contribution in [-0.4, -0.2) is 33.4 Å². The molecular formula is CH2F2O3Si2.